The van der Waals surface area contributed by atoms with Gasteiger partial charge in [0, 0.05) is 6.42 Å². The minimum atomic E-state index is -1.57. The second-order valence-corrected chi connectivity index (χ2v) is 3.99. The van der Waals surface area contributed by atoms with Crippen molar-refractivity contribution in [3.63, 3.8) is 0 Å². The van der Waals surface area contributed by atoms with Crippen LogP contribution in [0.1, 0.15) is 5.56 Å². The lowest BCUT2D eigenvalue weighted by Gasteiger charge is -2.25. The predicted molar refractivity (Wildman–Crippen MR) is 61.3 cm³/mol. The number of aliphatic hydroxyl groups excluding tert-OH is 5. The van der Waals surface area contributed by atoms with Crippen LogP contribution in [0, 0.1) is 0 Å². The Morgan fingerprint density at radius 1 is 0.824 bits per heavy atom. The molecule has 0 aliphatic rings. The number of benzene rings is 1. The molecular formula is C12H18O5. The highest BCUT2D eigenvalue weighted by atomic mass is 16.4. The summed E-state index contributed by atoms with van der Waals surface area (Å²) in [6.45, 7) is -0.670. The van der Waals surface area contributed by atoms with Crippen molar-refractivity contribution in [1.29, 1.82) is 0 Å². The van der Waals surface area contributed by atoms with Gasteiger partial charge < -0.3 is 25.5 Å². The van der Waals surface area contributed by atoms with E-state index >= 15 is 0 Å². The number of hydrogen-bond acceptors (Lipinski definition) is 5. The van der Waals surface area contributed by atoms with Gasteiger partial charge in [0.1, 0.15) is 18.3 Å². The van der Waals surface area contributed by atoms with Crippen molar-refractivity contribution in [3.8, 4) is 0 Å². The molecule has 1 rings (SSSR count). The zero-order valence-electron chi connectivity index (χ0n) is 9.35. The van der Waals surface area contributed by atoms with Crippen molar-refractivity contribution in [1.82, 2.24) is 0 Å². The predicted octanol–water partition coefficient (Wildman–Crippen LogP) is -1.33. The summed E-state index contributed by atoms with van der Waals surface area (Å²) in [6, 6.07) is 8.99. The zero-order valence-corrected chi connectivity index (χ0v) is 9.35. The van der Waals surface area contributed by atoms with Crippen LogP contribution in [0.15, 0.2) is 30.3 Å². The summed E-state index contributed by atoms with van der Waals surface area (Å²) in [4.78, 5) is 0. The molecule has 0 heterocycles. The first-order valence-corrected chi connectivity index (χ1v) is 5.43. The van der Waals surface area contributed by atoms with Crippen LogP contribution in [-0.2, 0) is 6.42 Å². The summed E-state index contributed by atoms with van der Waals surface area (Å²) in [5, 5.41) is 46.4. The summed E-state index contributed by atoms with van der Waals surface area (Å²) in [7, 11) is 0. The molecule has 17 heavy (non-hydrogen) atoms. The molecular weight excluding hydrogens is 224 g/mol. The normalized spacial score (nSPS) is 18.4. The summed E-state index contributed by atoms with van der Waals surface area (Å²) >= 11 is 0. The zero-order chi connectivity index (χ0) is 12.8. The summed E-state index contributed by atoms with van der Waals surface area (Å²) < 4.78 is 0. The van der Waals surface area contributed by atoms with E-state index in [0.29, 0.717) is 0 Å². The maximum Gasteiger partial charge on any atom is 0.110 e. The molecule has 0 spiro atoms. The highest BCUT2D eigenvalue weighted by molar-refractivity contribution is 5.15. The summed E-state index contributed by atoms with van der Waals surface area (Å²) in [6.07, 6.45) is -5.57. The van der Waals surface area contributed by atoms with Gasteiger partial charge in [-0.15, -0.1) is 0 Å². The molecule has 0 amide bonds. The van der Waals surface area contributed by atoms with E-state index in [2.05, 4.69) is 0 Å². The lowest BCUT2D eigenvalue weighted by Crippen LogP contribution is -2.46. The van der Waals surface area contributed by atoms with Crippen molar-refractivity contribution >= 4 is 0 Å². The molecule has 5 nitrogen and oxygen atoms in total. The van der Waals surface area contributed by atoms with Crippen molar-refractivity contribution in [2.24, 2.45) is 0 Å². The molecule has 0 saturated carbocycles. The Morgan fingerprint density at radius 3 is 1.88 bits per heavy atom. The molecule has 0 radical (unpaired) electrons. The Morgan fingerprint density at radius 2 is 1.35 bits per heavy atom. The van der Waals surface area contributed by atoms with Gasteiger partial charge in [-0.05, 0) is 5.56 Å². The van der Waals surface area contributed by atoms with Crippen LogP contribution < -0.4 is 0 Å². The van der Waals surface area contributed by atoms with E-state index < -0.39 is 31.0 Å². The quantitative estimate of drug-likeness (QED) is 0.425. The molecule has 0 saturated heterocycles. The molecule has 0 aliphatic carbocycles. The lowest BCUT2D eigenvalue weighted by molar-refractivity contribution is -0.114. The monoisotopic (exact) mass is 242 g/mol. The fraction of sp³-hybridized carbons (Fsp3) is 0.500. The molecule has 1 aromatic rings. The van der Waals surface area contributed by atoms with Gasteiger partial charge in [0.15, 0.2) is 0 Å². The fourth-order valence-corrected chi connectivity index (χ4v) is 1.54. The molecule has 96 valence electrons. The average molecular weight is 242 g/mol. The topological polar surface area (TPSA) is 101 Å². The van der Waals surface area contributed by atoms with Crippen molar-refractivity contribution < 1.29 is 25.5 Å². The van der Waals surface area contributed by atoms with Crippen LogP contribution in [0.4, 0.5) is 0 Å². The van der Waals surface area contributed by atoms with Crippen molar-refractivity contribution in [2.45, 2.75) is 30.8 Å². The molecule has 0 fully saturated rings. The Labute approximate surface area is 99.6 Å². The highest BCUT2D eigenvalue weighted by Crippen LogP contribution is 2.10. The molecule has 0 aromatic heterocycles. The number of hydrogen-bond donors (Lipinski definition) is 5. The van der Waals surface area contributed by atoms with Crippen LogP contribution >= 0.6 is 0 Å². The van der Waals surface area contributed by atoms with Gasteiger partial charge in [-0.1, -0.05) is 30.3 Å². The summed E-state index contributed by atoms with van der Waals surface area (Å²) in [5.41, 5.74) is 0.810. The van der Waals surface area contributed by atoms with E-state index in [1.165, 1.54) is 0 Å². The van der Waals surface area contributed by atoms with Crippen molar-refractivity contribution in [3.05, 3.63) is 35.9 Å². The van der Waals surface area contributed by atoms with Gasteiger partial charge in [-0.25, -0.2) is 0 Å². The van der Waals surface area contributed by atoms with Crippen molar-refractivity contribution in [2.75, 3.05) is 6.61 Å². The van der Waals surface area contributed by atoms with Gasteiger partial charge in [0.2, 0.25) is 0 Å². The molecule has 5 heteroatoms. The minimum Gasteiger partial charge on any atom is -0.394 e. The molecule has 4 unspecified atom stereocenters. The van der Waals surface area contributed by atoms with Gasteiger partial charge in [-0.2, -0.15) is 0 Å². The fourth-order valence-electron chi connectivity index (χ4n) is 1.54. The third-order valence-electron chi connectivity index (χ3n) is 2.61. The van der Waals surface area contributed by atoms with Crippen LogP contribution in [0.2, 0.25) is 0 Å². The van der Waals surface area contributed by atoms with Gasteiger partial charge in [0.25, 0.3) is 0 Å². The smallest absolute Gasteiger partial charge is 0.110 e. The largest absolute Gasteiger partial charge is 0.394 e. The Balaban J connectivity index is 2.55. The van der Waals surface area contributed by atoms with Gasteiger partial charge in [-0.3, -0.25) is 0 Å². The molecule has 1 aromatic carbocycles. The third-order valence-corrected chi connectivity index (χ3v) is 2.61. The highest BCUT2D eigenvalue weighted by Gasteiger charge is 2.29. The first-order valence-electron chi connectivity index (χ1n) is 5.43. The van der Waals surface area contributed by atoms with E-state index in [9.17, 15) is 15.3 Å². The van der Waals surface area contributed by atoms with Crippen LogP contribution in [-0.4, -0.2) is 56.6 Å². The second kappa shape index (κ2) is 6.68. The SMILES string of the molecule is OCC(O)C(O)C(O)C(O)Cc1ccccc1. The van der Waals surface area contributed by atoms with Crippen LogP contribution in [0.5, 0.6) is 0 Å². The first kappa shape index (κ1) is 14.1. The summed E-state index contributed by atoms with van der Waals surface area (Å²) in [5.74, 6) is 0. The Hall–Kier alpha value is -0.980. The molecule has 0 bridgehead atoms. The maximum atomic E-state index is 9.68. The van der Waals surface area contributed by atoms with Crippen LogP contribution in [0.25, 0.3) is 0 Å². The molecule has 4 atom stereocenters. The Kier molecular flexibility index (Phi) is 5.54. The average Bonchev–Trinajstić information content (AvgIpc) is 2.37. The van der Waals surface area contributed by atoms with E-state index in [1.54, 1.807) is 24.3 Å². The second-order valence-electron chi connectivity index (χ2n) is 3.99. The number of aliphatic hydroxyl groups is 5. The first-order chi connectivity index (χ1) is 8.06. The number of rotatable bonds is 6. The third kappa shape index (κ3) is 4.07. The van der Waals surface area contributed by atoms with E-state index in [-0.39, 0.29) is 6.42 Å². The van der Waals surface area contributed by atoms with E-state index in [0.717, 1.165) is 5.56 Å². The Bertz CT molecular complexity index is 316. The minimum absolute atomic E-state index is 0.164. The van der Waals surface area contributed by atoms with Gasteiger partial charge >= 0.3 is 0 Å². The molecule has 5 N–H and O–H groups in total. The maximum absolute atomic E-state index is 9.68. The van der Waals surface area contributed by atoms with Crippen LogP contribution in [0.3, 0.4) is 0 Å². The standard InChI is InChI=1S/C12H18O5/c13-7-10(15)12(17)11(16)9(14)6-8-4-2-1-3-5-8/h1-5,9-17H,6-7H2. The molecule has 0 aliphatic heterocycles. The lowest BCUT2D eigenvalue weighted by atomic mass is 9.98. The van der Waals surface area contributed by atoms with E-state index in [4.69, 9.17) is 10.2 Å². The van der Waals surface area contributed by atoms with Gasteiger partial charge in [0.05, 0.1) is 12.7 Å². The van der Waals surface area contributed by atoms with E-state index in [1.807, 2.05) is 6.07 Å².